The summed E-state index contributed by atoms with van der Waals surface area (Å²) in [5.41, 5.74) is 3.63. The molecule has 0 saturated heterocycles. The van der Waals surface area contributed by atoms with E-state index in [0.29, 0.717) is 5.56 Å². The molecule has 4 rings (SSSR count). The van der Waals surface area contributed by atoms with Gasteiger partial charge in [-0.1, -0.05) is 24.3 Å². The summed E-state index contributed by atoms with van der Waals surface area (Å²) in [5.74, 6) is 2.54. The SMILES string of the molecule is COC(=O)c1ccc(C2c3ccc(OC)cc3Oc3cc(OC)ccc32)cc1. The predicted molar refractivity (Wildman–Crippen MR) is 105 cm³/mol. The van der Waals surface area contributed by atoms with E-state index in [1.807, 2.05) is 48.5 Å². The molecule has 0 unspecified atom stereocenters. The minimum absolute atomic E-state index is 0.0396. The summed E-state index contributed by atoms with van der Waals surface area (Å²) in [4.78, 5) is 11.8. The number of fused-ring (bicyclic) bond motifs is 2. The molecule has 28 heavy (non-hydrogen) atoms. The van der Waals surface area contributed by atoms with Crippen molar-refractivity contribution in [2.75, 3.05) is 21.3 Å². The van der Waals surface area contributed by atoms with Crippen LogP contribution < -0.4 is 14.2 Å². The molecule has 1 aliphatic heterocycles. The lowest BCUT2D eigenvalue weighted by Gasteiger charge is -2.29. The molecule has 5 nitrogen and oxygen atoms in total. The Bertz CT molecular complexity index is 970. The van der Waals surface area contributed by atoms with Gasteiger partial charge in [-0.2, -0.15) is 0 Å². The summed E-state index contributed by atoms with van der Waals surface area (Å²) in [6.45, 7) is 0. The zero-order valence-corrected chi connectivity index (χ0v) is 15.9. The van der Waals surface area contributed by atoms with Crippen LogP contribution in [0.25, 0.3) is 0 Å². The molecule has 0 amide bonds. The van der Waals surface area contributed by atoms with E-state index in [4.69, 9.17) is 18.9 Å². The molecule has 0 N–H and O–H groups in total. The van der Waals surface area contributed by atoms with Crippen molar-refractivity contribution in [1.29, 1.82) is 0 Å². The van der Waals surface area contributed by atoms with Crippen molar-refractivity contribution in [2.24, 2.45) is 0 Å². The molecule has 0 aromatic heterocycles. The van der Waals surface area contributed by atoms with E-state index in [1.165, 1.54) is 7.11 Å². The molecule has 5 heteroatoms. The number of methoxy groups -OCH3 is 3. The second-order valence-electron chi connectivity index (χ2n) is 6.46. The Morgan fingerprint density at radius 3 is 1.79 bits per heavy atom. The minimum Gasteiger partial charge on any atom is -0.497 e. The first kappa shape index (κ1) is 17.9. The molecule has 0 spiro atoms. The number of benzene rings is 3. The van der Waals surface area contributed by atoms with Gasteiger partial charge in [-0.05, 0) is 29.8 Å². The van der Waals surface area contributed by atoms with E-state index in [1.54, 1.807) is 26.4 Å². The Labute approximate surface area is 163 Å². The smallest absolute Gasteiger partial charge is 0.337 e. The number of ether oxygens (including phenoxy) is 4. The maximum absolute atomic E-state index is 11.8. The number of hydrogen-bond donors (Lipinski definition) is 0. The van der Waals surface area contributed by atoms with Crippen molar-refractivity contribution in [3.63, 3.8) is 0 Å². The first-order valence-electron chi connectivity index (χ1n) is 8.86. The second kappa shape index (κ2) is 7.27. The van der Waals surface area contributed by atoms with Crippen LogP contribution in [-0.4, -0.2) is 27.3 Å². The molecule has 0 saturated carbocycles. The fourth-order valence-corrected chi connectivity index (χ4v) is 3.51. The highest BCUT2D eigenvalue weighted by Gasteiger charge is 2.29. The quantitative estimate of drug-likeness (QED) is 0.480. The average Bonchev–Trinajstić information content (AvgIpc) is 2.76. The van der Waals surface area contributed by atoms with Gasteiger partial charge in [0.1, 0.15) is 23.0 Å². The molecular weight excluding hydrogens is 356 g/mol. The van der Waals surface area contributed by atoms with Gasteiger partial charge in [-0.15, -0.1) is 0 Å². The Kier molecular flexibility index (Phi) is 4.65. The monoisotopic (exact) mass is 376 g/mol. The van der Waals surface area contributed by atoms with Crippen LogP contribution in [0.3, 0.4) is 0 Å². The Morgan fingerprint density at radius 1 is 0.786 bits per heavy atom. The molecule has 0 atom stereocenters. The van der Waals surface area contributed by atoms with Crippen molar-refractivity contribution in [3.8, 4) is 23.0 Å². The van der Waals surface area contributed by atoms with Gasteiger partial charge in [0.15, 0.2) is 0 Å². The van der Waals surface area contributed by atoms with Gasteiger partial charge in [0.2, 0.25) is 0 Å². The number of esters is 1. The first-order chi connectivity index (χ1) is 13.6. The third-order valence-corrected chi connectivity index (χ3v) is 4.95. The topological polar surface area (TPSA) is 54.0 Å². The Morgan fingerprint density at radius 2 is 1.32 bits per heavy atom. The van der Waals surface area contributed by atoms with Gasteiger partial charge in [-0.3, -0.25) is 0 Å². The van der Waals surface area contributed by atoms with Gasteiger partial charge in [-0.25, -0.2) is 4.79 Å². The molecule has 1 heterocycles. The molecule has 0 radical (unpaired) electrons. The van der Waals surface area contributed by atoms with Crippen LogP contribution in [0, 0.1) is 0 Å². The van der Waals surface area contributed by atoms with Crippen molar-refractivity contribution in [2.45, 2.75) is 5.92 Å². The zero-order chi connectivity index (χ0) is 19.7. The van der Waals surface area contributed by atoms with E-state index in [2.05, 4.69) is 0 Å². The fourth-order valence-electron chi connectivity index (χ4n) is 3.51. The van der Waals surface area contributed by atoms with E-state index < -0.39 is 0 Å². The van der Waals surface area contributed by atoms with E-state index in [0.717, 1.165) is 39.7 Å². The number of carbonyl (C=O) groups is 1. The molecule has 0 fully saturated rings. The first-order valence-corrected chi connectivity index (χ1v) is 8.86. The Balaban J connectivity index is 1.85. The van der Waals surface area contributed by atoms with Crippen LogP contribution in [0.5, 0.6) is 23.0 Å². The van der Waals surface area contributed by atoms with Crippen LogP contribution >= 0.6 is 0 Å². The highest BCUT2D eigenvalue weighted by Crippen LogP contribution is 2.49. The molecule has 1 aliphatic rings. The van der Waals surface area contributed by atoms with E-state index in [-0.39, 0.29) is 11.9 Å². The normalized spacial score (nSPS) is 12.4. The fraction of sp³-hybridized carbons (Fsp3) is 0.174. The van der Waals surface area contributed by atoms with Crippen molar-refractivity contribution in [1.82, 2.24) is 0 Å². The largest absolute Gasteiger partial charge is 0.497 e. The molecule has 0 aliphatic carbocycles. The summed E-state index contributed by atoms with van der Waals surface area (Å²) in [6, 6.07) is 19.1. The van der Waals surface area contributed by atoms with Crippen LogP contribution in [0.4, 0.5) is 0 Å². The summed E-state index contributed by atoms with van der Waals surface area (Å²) in [6.07, 6.45) is 0. The lowest BCUT2D eigenvalue weighted by molar-refractivity contribution is 0.0600. The van der Waals surface area contributed by atoms with Crippen LogP contribution in [0.1, 0.15) is 33.0 Å². The number of hydrogen-bond acceptors (Lipinski definition) is 5. The third kappa shape index (κ3) is 3.05. The molecule has 142 valence electrons. The predicted octanol–water partition coefficient (Wildman–Crippen LogP) is 4.78. The summed E-state index contributed by atoms with van der Waals surface area (Å²) >= 11 is 0. The summed E-state index contributed by atoms with van der Waals surface area (Å²) in [7, 11) is 4.64. The molecule has 3 aromatic rings. The zero-order valence-electron chi connectivity index (χ0n) is 15.9. The maximum Gasteiger partial charge on any atom is 0.337 e. The van der Waals surface area contributed by atoms with Gasteiger partial charge in [0.05, 0.1) is 26.9 Å². The van der Waals surface area contributed by atoms with E-state index >= 15 is 0 Å². The third-order valence-electron chi connectivity index (χ3n) is 4.95. The average molecular weight is 376 g/mol. The second-order valence-corrected chi connectivity index (χ2v) is 6.46. The lowest BCUT2D eigenvalue weighted by atomic mass is 9.82. The van der Waals surface area contributed by atoms with Gasteiger partial charge < -0.3 is 18.9 Å². The summed E-state index contributed by atoms with van der Waals surface area (Å²) < 4.78 is 21.7. The molecular formula is C23H20O5. The van der Waals surface area contributed by atoms with Crippen molar-refractivity contribution in [3.05, 3.63) is 82.9 Å². The standard InChI is InChI=1S/C23H20O5/c1-25-16-8-10-18-20(12-16)28-21-13-17(26-2)9-11-19(21)22(18)14-4-6-15(7-5-14)23(24)27-3/h4-13,22H,1-3H3. The van der Waals surface area contributed by atoms with Gasteiger partial charge in [0.25, 0.3) is 0 Å². The summed E-state index contributed by atoms with van der Waals surface area (Å²) in [5, 5.41) is 0. The highest BCUT2D eigenvalue weighted by atomic mass is 16.5. The molecule has 3 aromatic carbocycles. The number of rotatable bonds is 4. The van der Waals surface area contributed by atoms with Crippen LogP contribution in [-0.2, 0) is 4.74 Å². The van der Waals surface area contributed by atoms with Crippen molar-refractivity contribution < 1.29 is 23.7 Å². The maximum atomic E-state index is 11.8. The van der Waals surface area contributed by atoms with Crippen LogP contribution in [0.15, 0.2) is 60.7 Å². The van der Waals surface area contributed by atoms with Gasteiger partial charge in [0, 0.05) is 29.2 Å². The Hall–Kier alpha value is -3.47. The number of carbonyl (C=O) groups excluding carboxylic acids is 1. The lowest BCUT2D eigenvalue weighted by Crippen LogP contribution is -2.12. The van der Waals surface area contributed by atoms with Gasteiger partial charge >= 0.3 is 5.97 Å². The minimum atomic E-state index is -0.353. The highest BCUT2D eigenvalue weighted by molar-refractivity contribution is 5.89. The van der Waals surface area contributed by atoms with Crippen molar-refractivity contribution >= 4 is 5.97 Å². The molecule has 0 bridgehead atoms. The van der Waals surface area contributed by atoms with Crippen LogP contribution in [0.2, 0.25) is 0 Å². The van der Waals surface area contributed by atoms with E-state index in [9.17, 15) is 4.79 Å².